The lowest BCUT2D eigenvalue weighted by Gasteiger charge is -2.18. The molecule has 2 aromatic rings. The van der Waals surface area contributed by atoms with Gasteiger partial charge in [0.1, 0.15) is 0 Å². The average Bonchev–Trinajstić information content (AvgIpc) is 2.69. The molecule has 0 spiro atoms. The highest BCUT2D eigenvalue weighted by atomic mass is 79.9. The van der Waals surface area contributed by atoms with E-state index in [2.05, 4.69) is 81.4 Å². The molecule has 4 heteroatoms. The van der Waals surface area contributed by atoms with E-state index in [9.17, 15) is 0 Å². The van der Waals surface area contributed by atoms with Crippen molar-refractivity contribution in [2.45, 2.75) is 26.3 Å². The van der Waals surface area contributed by atoms with Gasteiger partial charge >= 0.3 is 0 Å². The second kappa shape index (κ2) is 7.21. The lowest BCUT2D eigenvalue weighted by Crippen LogP contribution is -2.17. The Labute approximate surface area is 142 Å². The van der Waals surface area contributed by atoms with Gasteiger partial charge in [0, 0.05) is 0 Å². The lowest BCUT2D eigenvalue weighted by molar-refractivity contribution is 0.643. The van der Waals surface area contributed by atoms with Gasteiger partial charge in [0.05, 0.1) is 13.6 Å². The Morgan fingerprint density at radius 1 is 1.20 bits per heavy atom. The fraction of sp³-hybridized carbons (Fsp3) is 0.375. The molecule has 0 bridgehead atoms. The number of nitrogens with one attached hydrogen (secondary N) is 1. The summed E-state index contributed by atoms with van der Waals surface area (Å²) in [6.07, 6.45) is 1.12. The zero-order valence-electron chi connectivity index (χ0n) is 11.9. The third kappa shape index (κ3) is 3.94. The maximum Gasteiger partial charge on any atom is 0.0761 e. The molecule has 1 aromatic carbocycles. The van der Waals surface area contributed by atoms with E-state index < -0.39 is 0 Å². The molecule has 0 aliphatic rings. The van der Waals surface area contributed by atoms with E-state index in [0.717, 1.165) is 10.2 Å². The van der Waals surface area contributed by atoms with E-state index in [1.807, 2.05) is 7.05 Å². The molecule has 20 heavy (non-hydrogen) atoms. The van der Waals surface area contributed by atoms with Gasteiger partial charge in [0.2, 0.25) is 0 Å². The highest BCUT2D eigenvalue weighted by molar-refractivity contribution is 9.12. The minimum Gasteiger partial charge on any atom is -0.309 e. The largest absolute Gasteiger partial charge is 0.309 e. The van der Waals surface area contributed by atoms with Gasteiger partial charge in [0.15, 0.2) is 0 Å². The van der Waals surface area contributed by atoms with Crippen LogP contribution in [0.2, 0.25) is 0 Å². The third-order valence-corrected chi connectivity index (χ3v) is 5.60. The minimum absolute atomic E-state index is 0.221. The predicted molar refractivity (Wildman–Crippen MR) is 95.6 cm³/mol. The summed E-state index contributed by atoms with van der Waals surface area (Å²) >= 11 is 8.94. The highest BCUT2D eigenvalue weighted by Gasteiger charge is 2.17. The average molecular weight is 417 g/mol. The first-order valence-electron chi connectivity index (χ1n) is 6.72. The molecule has 0 aliphatic heterocycles. The summed E-state index contributed by atoms with van der Waals surface area (Å²) in [4.78, 5) is 0. The molecule has 1 heterocycles. The van der Waals surface area contributed by atoms with Gasteiger partial charge in [0.25, 0.3) is 0 Å². The zero-order chi connectivity index (χ0) is 14.7. The van der Waals surface area contributed by atoms with E-state index in [0.29, 0.717) is 5.92 Å². The molecule has 1 N–H and O–H groups in total. The normalized spacial score (nSPS) is 12.9. The number of hydrogen-bond acceptors (Lipinski definition) is 2. The summed E-state index contributed by atoms with van der Waals surface area (Å²) in [7, 11) is 2.01. The first-order chi connectivity index (χ1) is 9.51. The maximum atomic E-state index is 3.66. The highest BCUT2D eigenvalue weighted by Crippen LogP contribution is 2.37. The van der Waals surface area contributed by atoms with Crippen molar-refractivity contribution in [3.05, 3.63) is 54.6 Å². The second-order valence-electron chi connectivity index (χ2n) is 5.34. The predicted octanol–water partition coefficient (Wildman–Crippen LogP) is 5.78. The van der Waals surface area contributed by atoms with Crippen molar-refractivity contribution in [3.63, 3.8) is 0 Å². The van der Waals surface area contributed by atoms with Crippen molar-refractivity contribution >= 4 is 43.2 Å². The van der Waals surface area contributed by atoms with Crippen molar-refractivity contribution in [2.75, 3.05) is 7.05 Å². The van der Waals surface area contributed by atoms with Crippen molar-refractivity contribution in [2.24, 2.45) is 5.92 Å². The molecule has 0 saturated heterocycles. The summed E-state index contributed by atoms with van der Waals surface area (Å²) in [5.41, 5.74) is 4.01. The van der Waals surface area contributed by atoms with Crippen LogP contribution in [0.1, 0.15) is 36.6 Å². The van der Waals surface area contributed by atoms with Crippen molar-refractivity contribution in [3.8, 4) is 0 Å². The first-order valence-corrected chi connectivity index (χ1v) is 9.12. The Kier molecular flexibility index (Phi) is 5.84. The molecule has 2 rings (SSSR count). The van der Waals surface area contributed by atoms with Crippen LogP contribution in [0.3, 0.4) is 0 Å². The molecule has 1 nitrogen and oxygen atoms in total. The molecule has 0 aliphatic carbocycles. The van der Waals surface area contributed by atoms with Crippen molar-refractivity contribution in [1.29, 1.82) is 0 Å². The van der Waals surface area contributed by atoms with E-state index in [4.69, 9.17) is 0 Å². The molecular formula is C16H19Br2NS. The Bertz CT molecular complexity index is 578. The van der Waals surface area contributed by atoms with Gasteiger partial charge in [-0.3, -0.25) is 0 Å². The smallest absolute Gasteiger partial charge is 0.0761 e. The van der Waals surface area contributed by atoms with Crippen LogP contribution in [0.15, 0.2) is 37.9 Å². The molecule has 0 amide bonds. The van der Waals surface area contributed by atoms with Crippen LogP contribution < -0.4 is 5.32 Å². The van der Waals surface area contributed by atoms with Gasteiger partial charge in [-0.1, -0.05) is 38.1 Å². The molecule has 0 fully saturated rings. The molecule has 108 valence electrons. The molecule has 0 saturated carbocycles. The summed E-state index contributed by atoms with van der Waals surface area (Å²) in [5, 5.41) is 3.43. The fourth-order valence-electron chi connectivity index (χ4n) is 2.42. The monoisotopic (exact) mass is 415 g/mol. The Hall–Kier alpha value is -0.160. The topological polar surface area (TPSA) is 12.0 Å². The zero-order valence-corrected chi connectivity index (χ0v) is 15.9. The fourth-order valence-corrected chi connectivity index (χ4v) is 5.32. The summed E-state index contributed by atoms with van der Waals surface area (Å²) in [5.74, 6) is 0.681. The van der Waals surface area contributed by atoms with Crippen LogP contribution >= 0.6 is 43.2 Å². The number of halogens is 2. The number of rotatable bonds is 5. The summed E-state index contributed by atoms with van der Waals surface area (Å²) < 4.78 is 2.33. The van der Waals surface area contributed by atoms with E-state index in [1.54, 1.807) is 11.3 Å². The summed E-state index contributed by atoms with van der Waals surface area (Å²) in [6.45, 7) is 4.52. The summed E-state index contributed by atoms with van der Waals surface area (Å²) in [6, 6.07) is 11.3. The molecule has 0 radical (unpaired) electrons. The van der Waals surface area contributed by atoms with E-state index in [1.165, 1.54) is 20.5 Å². The van der Waals surface area contributed by atoms with Gasteiger partial charge in [-0.05, 0) is 74.0 Å². The maximum absolute atomic E-state index is 3.66. The number of hydrogen-bond donors (Lipinski definition) is 1. The third-order valence-electron chi connectivity index (χ3n) is 3.21. The SMILES string of the molecule is CNC(c1cccc(CC(C)C)c1)c1cc(Br)sc1Br. The van der Waals surface area contributed by atoms with Gasteiger partial charge in [-0.25, -0.2) is 0 Å². The van der Waals surface area contributed by atoms with Crippen molar-refractivity contribution in [1.82, 2.24) is 5.32 Å². The number of thiophene rings is 1. The van der Waals surface area contributed by atoms with Crippen molar-refractivity contribution < 1.29 is 0 Å². The van der Waals surface area contributed by atoms with Crippen LogP contribution in [0.5, 0.6) is 0 Å². The first kappa shape index (κ1) is 16.2. The van der Waals surface area contributed by atoms with Crippen LogP contribution in [0.25, 0.3) is 0 Å². The number of benzene rings is 1. The Balaban J connectivity index is 2.34. The quantitative estimate of drug-likeness (QED) is 0.651. The van der Waals surface area contributed by atoms with Crippen LogP contribution in [0.4, 0.5) is 0 Å². The molecule has 1 aromatic heterocycles. The van der Waals surface area contributed by atoms with Gasteiger partial charge in [-0.15, -0.1) is 11.3 Å². The molecule has 1 unspecified atom stereocenters. The second-order valence-corrected chi connectivity index (χ2v) is 9.09. The molecular weight excluding hydrogens is 398 g/mol. The van der Waals surface area contributed by atoms with E-state index >= 15 is 0 Å². The van der Waals surface area contributed by atoms with Gasteiger partial charge in [-0.2, -0.15) is 0 Å². The lowest BCUT2D eigenvalue weighted by atomic mass is 9.96. The van der Waals surface area contributed by atoms with Gasteiger partial charge < -0.3 is 5.32 Å². The minimum atomic E-state index is 0.221. The van der Waals surface area contributed by atoms with Crippen LogP contribution in [-0.2, 0) is 6.42 Å². The Morgan fingerprint density at radius 2 is 1.95 bits per heavy atom. The van der Waals surface area contributed by atoms with Crippen LogP contribution in [-0.4, -0.2) is 7.05 Å². The standard InChI is InChI=1S/C16H19Br2NS/c1-10(2)7-11-5-4-6-12(8-11)15(19-3)13-9-14(17)20-16(13)18/h4-6,8-10,15,19H,7H2,1-3H3. The Morgan fingerprint density at radius 3 is 2.50 bits per heavy atom. The van der Waals surface area contributed by atoms with Crippen LogP contribution in [0, 0.1) is 5.92 Å². The molecule has 1 atom stereocenters. The van der Waals surface area contributed by atoms with E-state index in [-0.39, 0.29) is 6.04 Å².